The van der Waals surface area contributed by atoms with Crippen LogP contribution in [-0.4, -0.2) is 81.7 Å². The molecule has 2 N–H and O–H groups in total. The number of ether oxygens (including phenoxy) is 1. The van der Waals surface area contributed by atoms with Gasteiger partial charge in [0.1, 0.15) is 0 Å². The number of guanidine groups is 1. The molecule has 8 heteroatoms. The highest BCUT2D eigenvalue weighted by atomic mass is 127. The standard InChI is InChI=1S/C18H29N5O2.HI/c1-22(2)17(24)15-21-18(20-14-16-6-4-3-5-7-16)19-8-9-23-10-12-25-13-11-23;/h3-7H,8-15H2,1-2H3,(H2,19,20,21);1H. The van der Waals surface area contributed by atoms with E-state index < -0.39 is 0 Å². The van der Waals surface area contributed by atoms with Gasteiger partial charge in [-0.25, -0.2) is 4.99 Å². The first-order valence-corrected chi connectivity index (χ1v) is 8.71. The van der Waals surface area contributed by atoms with E-state index in [1.807, 2.05) is 30.3 Å². The number of morpholine rings is 1. The van der Waals surface area contributed by atoms with Gasteiger partial charge in [-0.2, -0.15) is 0 Å². The maximum atomic E-state index is 11.8. The van der Waals surface area contributed by atoms with Gasteiger partial charge in [-0.05, 0) is 5.56 Å². The van der Waals surface area contributed by atoms with Crippen molar-refractivity contribution in [2.75, 3.05) is 60.0 Å². The van der Waals surface area contributed by atoms with E-state index in [2.05, 4.69) is 20.5 Å². The Morgan fingerprint density at radius 2 is 1.88 bits per heavy atom. The minimum Gasteiger partial charge on any atom is -0.379 e. The lowest BCUT2D eigenvalue weighted by Crippen LogP contribution is -2.46. The van der Waals surface area contributed by atoms with Crippen LogP contribution in [0.25, 0.3) is 0 Å². The van der Waals surface area contributed by atoms with Crippen LogP contribution >= 0.6 is 24.0 Å². The molecule has 1 aromatic carbocycles. The van der Waals surface area contributed by atoms with Gasteiger partial charge in [0.25, 0.3) is 0 Å². The molecule has 0 bridgehead atoms. The molecule has 1 aromatic rings. The summed E-state index contributed by atoms with van der Waals surface area (Å²) in [5.41, 5.74) is 1.13. The van der Waals surface area contributed by atoms with E-state index in [1.54, 1.807) is 19.0 Å². The van der Waals surface area contributed by atoms with Crippen LogP contribution < -0.4 is 10.6 Å². The number of aliphatic imine (C=N–C) groups is 1. The van der Waals surface area contributed by atoms with Crippen molar-refractivity contribution in [3.63, 3.8) is 0 Å². The highest BCUT2D eigenvalue weighted by Crippen LogP contribution is 2.00. The lowest BCUT2D eigenvalue weighted by molar-refractivity contribution is -0.127. The van der Waals surface area contributed by atoms with Crippen molar-refractivity contribution in [3.8, 4) is 0 Å². The molecule has 26 heavy (non-hydrogen) atoms. The molecule has 0 atom stereocenters. The zero-order valence-electron chi connectivity index (χ0n) is 15.6. The molecule has 1 heterocycles. The Hall–Kier alpha value is -1.39. The molecule has 1 fully saturated rings. The summed E-state index contributed by atoms with van der Waals surface area (Å²) < 4.78 is 5.36. The van der Waals surface area contributed by atoms with Crippen molar-refractivity contribution >= 4 is 35.8 Å². The topological polar surface area (TPSA) is 69.2 Å². The number of benzene rings is 1. The molecule has 0 unspecified atom stereocenters. The summed E-state index contributed by atoms with van der Waals surface area (Å²) in [6.07, 6.45) is 0. The first-order valence-electron chi connectivity index (χ1n) is 8.71. The third kappa shape index (κ3) is 8.81. The lowest BCUT2D eigenvalue weighted by atomic mass is 10.2. The van der Waals surface area contributed by atoms with Crippen LogP contribution in [0, 0.1) is 0 Å². The average molecular weight is 475 g/mol. The molecular weight excluding hydrogens is 445 g/mol. The van der Waals surface area contributed by atoms with Gasteiger partial charge in [-0.3, -0.25) is 9.69 Å². The molecule has 1 amide bonds. The van der Waals surface area contributed by atoms with Crippen molar-refractivity contribution in [3.05, 3.63) is 35.9 Å². The summed E-state index contributed by atoms with van der Waals surface area (Å²) in [6, 6.07) is 10.1. The first-order chi connectivity index (χ1) is 12.1. The zero-order chi connectivity index (χ0) is 17.9. The quantitative estimate of drug-likeness (QED) is 0.347. The number of likely N-dealkylation sites (N-methyl/N-ethyl adjacent to an activating group) is 1. The number of hydrogen-bond donors (Lipinski definition) is 2. The SMILES string of the molecule is CN(C)C(=O)CNC(=NCc1ccccc1)NCCN1CCOCC1.I. The highest BCUT2D eigenvalue weighted by Gasteiger charge is 2.10. The molecule has 0 aromatic heterocycles. The van der Waals surface area contributed by atoms with Gasteiger partial charge in [0.05, 0.1) is 26.3 Å². The van der Waals surface area contributed by atoms with Gasteiger partial charge in [0.2, 0.25) is 5.91 Å². The van der Waals surface area contributed by atoms with Gasteiger partial charge >= 0.3 is 0 Å². The van der Waals surface area contributed by atoms with Crippen LogP contribution in [0.5, 0.6) is 0 Å². The van der Waals surface area contributed by atoms with Crippen LogP contribution in [0.4, 0.5) is 0 Å². The molecule has 0 saturated carbocycles. The maximum absolute atomic E-state index is 11.8. The molecule has 2 rings (SSSR count). The second-order valence-electron chi connectivity index (χ2n) is 6.17. The zero-order valence-corrected chi connectivity index (χ0v) is 17.9. The number of amides is 1. The van der Waals surface area contributed by atoms with Crippen molar-refractivity contribution in [1.82, 2.24) is 20.4 Å². The lowest BCUT2D eigenvalue weighted by Gasteiger charge is -2.26. The largest absolute Gasteiger partial charge is 0.379 e. The highest BCUT2D eigenvalue weighted by molar-refractivity contribution is 14.0. The Bertz CT molecular complexity index is 548. The predicted octanol–water partition coefficient (Wildman–Crippen LogP) is 0.760. The van der Waals surface area contributed by atoms with Crippen LogP contribution in [0.3, 0.4) is 0 Å². The third-order valence-corrected chi connectivity index (χ3v) is 3.99. The minimum atomic E-state index is 0. The van der Waals surface area contributed by atoms with Crippen molar-refractivity contribution in [2.24, 2.45) is 4.99 Å². The maximum Gasteiger partial charge on any atom is 0.241 e. The third-order valence-electron chi connectivity index (χ3n) is 3.99. The molecule has 1 aliphatic rings. The predicted molar refractivity (Wildman–Crippen MR) is 115 cm³/mol. The molecule has 7 nitrogen and oxygen atoms in total. The Kier molecular flexibility index (Phi) is 11.2. The molecular formula is C18H30IN5O2. The van der Waals surface area contributed by atoms with E-state index in [-0.39, 0.29) is 36.4 Å². The van der Waals surface area contributed by atoms with E-state index in [9.17, 15) is 4.79 Å². The van der Waals surface area contributed by atoms with Gasteiger partial charge in [-0.15, -0.1) is 24.0 Å². The Labute approximate surface area is 173 Å². The Morgan fingerprint density at radius 1 is 1.19 bits per heavy atom. The summed E-state index contributed by atoms with van der Waals surface area (Å²) in [5, 5.41) is 6.43. The molecule has 1 saturated heterocycles. The van der Waals surface area contributed by atoms with Crippen LogP contribution in [0.15, 0.2) is 35.3 Å². The van der Waals surface area contributed by atoms with Crippen LogP contribution in [0.1, 0.15) is 5.56 Å². The first kappa shape index (κ1) is 22.7. The van der Waals surface area contributed by atoms with E-state index in [0.29, 0.717) is 12.5 Å². The normalized spacial score (nSPS) is 15.1. The number of hydrogen-bond acceptors (Lipinski definition) is 4. The number of carbonyl (C=O) groups excluding carboxylic acids is 1. The summed E-state index contributed by atoms with van der Waals surface area (Å²) in [4.78, 5) is 20.3. The van der Waals surface area contributed by atoms with E-state index in [4.69, 9.17) is 4.74 Å². The second-order valence-corrected chi connectivity index (χ2v) is 6.17. The van der Waals surface area contributed by atoms with E-state index in [0.717, 1.165) is 45.0 Å². The van der Waals surface area contributed by atoms with Crippen molar-refractivity contribution in [1.29, 1.82) is 0 Å². The molecule has 1 aliphatic heterocycles. The van der Waals surface area contributed by atoms with Gasteiger partial charge in [0, 0.05) is 40.3 Å². The fourth-order valence-electron chi connectivity index (χ4n) is 2.40. The Balaban J connectivity index is 0.00000338. The van der Waals surface area contributed by atoms with Gasteiger partial charge < -0.3 is 20.3 Å². The van der Waals surface area contributed by atoms with Crippen LogP contribution in [-0.2, 0) is 16.1 Å². The second kappa shape index (κ2) is 12.9. The number of halogens is 1. The minimum absolute atomic E-state index is 0. The van der Waals surface area contributed by atoms with E-state index in [1.165, 1.54) is 0 Å². The smallest absolute Gasteiger partial charge is 0.241 e. The average Bonchev–Trinajstić information content (AvgIpc) is 2.64. The monoisotopic (exact) mass is 475 g/mol. The van der Waals surface area contributed by atoms with Gasteiger partial charge in [-0.1, -0.05) is 30.3 Å². The molecule has 146 valence electrons. The summed E-state index contributed by atoms with van der Waals surface area (Å²) in [5.74, 6) is 0.676. The summed E-state index contributed by atoms with van der Waals surface area (Å²) in [7, 11) is 3.49. The fourth-order valence-corrected chi connectivity index (χ4v) is 2.40. The van der Waals surface area contributed by atoms with Gasteiger partial charge in [0.15, 0.2) is 5.96 Å². The van der Waals surface area contributed by atoms with Crippen LogP contribution in [0.2, 0.25) is 0 Å². The van der Waals surface area contributed by atoms with E-state index >= 15 is 0 Å². The molecule has 0 radical (unpaired) electrons. The number of nitrogens with zero attached hydrogens (tertiary/aromatic N) is 3. The molecule has 0 spiro atoms. The number of carbonyl (C=O) groups is 1. The fraction of sp³-hybridized carbons (Fsp3) is 0.556. The number of nitrogens with one attached hydrogen (secondary N) is 2. The Morgan fingerprint density at radius 3 is 2.54 bits per heavy atom. The summed E-state index contributed by atoms with van der Waals surface area (Å²) in [6.45, 7) is 6.02. The summed E-state index contributed by atoms with van der Waals surface area (Å²) >= 11 is 0. The molecule has 0 aliphatic carbocycles. The van der Waals surface area contributed by atoms with Crippen molar-refractivity contribution in [2.45, 2.75) is 6.54 Å². The number of rotatable bonds is 7. The van der Waals surface area contributed by atoms with Crippen molar-refractivity contribution < 1.29 is 9.53 Å².